The second kappa shape index (κ2) is 9.00. The highest BCUT2D eigenvalue weighted by Crippen LogP contribution is 2.27. The molecule has 0 radical (unpaired) electrons. The molecule has 1 heterocycles. The van der Waals surface area contributed by atoms with Gasteiger partial charge in [0.2, 0.25) is 0 Å². The van der Waals surface area contributed by atoms with E-state index in [4.69, 9.17) is 20.8 Å². The molecular formula is C15H20Cl2N2O3. The zero-order valence-electron chi connectivity index (χ0n) is 12.6. The van der Waals surface area contributed by atoms with Gasteiger partial charge in [-0.2, -0.15) is 0 Å². The van der Waals surface area contributed by atoms with E-state index in [0.29, 0.717) is 36.1 Å². The second-order valence-corrected chi connectivity index (χ2v) is 5.13. The summed E-state index contributed by atoms with van der Waals surface area (Å²) in [6, 6.07) is 5.32. The van der Waals surface area contributed by atoms with Crippen LogP contribution in [0.1, 0.15) is 16.1 Å². The van der Waals surface area contributed by atoms with Gasteiger partial charge in [0.25, 0.3) is 5.91 Å². The Hall–Kier alpha value is -1.27. The Morgan fingerprint density at radius 3 is 2.82 bits per heavy atom. The Morgan fingerprint density at radius 2 is 2.09 bits per heavy atom. The lowest BCUT2D eigenvalue weighted by atomic mass is 10.1. The van der Waals surface area contributed by atoms with Crippen LogP contribution in [0.25, 0.3) is 11.0 Å². The quantitative estimate of drug-likeness (QED) is 0.756. The standard InChI is InChI=1S/C15H19ClN2O3.ClH/c1-10-12-9-11(16)3-4-13(12)21-14(10)15(19)18-6-5-17-7-8-20-2;/h3-4,9,17H,5-8H2,1-2H3,(H,18,19);1H. The van der Waals surface area contributed by atoms with E-state index in [0.717, 1.165) is 17.5 Å². The smallest absolute Gasteiger partial charge is 0.287 e. The normalized spacial score (nSPS) is 10.5. The van der Waals surface area contributed by atoms with E-state index in [1.807, 2.05) is 6.92 Å². The molecule has 1 aromatic carbocycles. The van der Waals surface area contributed by atoms with Crippen molar-refractivity contribution in [2.24, 2.45) is 0 Å². The van der Waals surface area contributed by atoms with Gasteiger partial charge in [0, 0.05) is 42.7 Å². The highest BCUT2D eigenvalue weighted by molar-refractivity contribution is 6.31. The van der Waals surface area contributed by atoms with Crippen LogP contribution in [-0.2, 0) is 4.74 Å². The van der Waals surface area contributed by atoms with Crippen LogP contribution in [0.5, 0.6) is 0 Å². The van der Waals surface area contributed by atoms with Crippen LogP contribution < -0.4 is 10.6 Å². The van der Waals surface area contributed by atoms with Gasteiger partial charge in [-0.3, -0.25) is 4.79 Å². The van der Waals surface area contributed by atoms with Crippen molar-refractivity contribution >= 4 is 40.9 Å². The van der Waals surface area contributed by atoms with Gasteiger partial charge in [-0.25, -0.2) is 0 Å². The highest BCUT2D eigenvalue weighted by atomic mass is 35.5. The molecule has 122 valence electrons. The molecule has 0 aliphatic heterocycles. The van der Waals surface area contributed by atoms with Gasteiger partial charge in [-0.1, -0.05) is 11.6 Å². The molecule has 0 atom stereocenters. The number of hydrogen-bond donors (Lipinski definition) is 2. The predicted molar refractivity (Wildman–Crippen MR) is 90.3 cm³/mol. The molecular weight excluding hydrogens is 327 g/mol. The Kier molecular flexibility index (Phi) is 7.68. The first-order valence-corrected chi connectivity index (χ1v) is 7.17. The van der Waals surface area contributed by atoms with E-state index in [1.165, 1.54) is 0 Å². The van der Waals surface area contributed by atoms with Crippen LogP contribution in [0.15, 0.2) is 22.6 Å². The molecule has 7 heteroatoms. The Labute approximate surface area is 140 Å². The zero-order chi connectivity index (χ0) is 15.2. The minimum absolute atomic E-state index is 0. The van der Waals surface area contributed by atoms with Gasteiger partial charge in [0.1, 0.15) is 5.58 Å². The minimum Gasteiger partial charge on any atom is -0.451 e. The van der Waals surface area contributed by atoms with Crippen molar-refractivity contribution in [2.75, 3.05) is 33.4 Å². The Morgan fingerprint density at radius 1 is 1.32 bits per heavy atom. The molecule has 0 saturated heterocycles. The molecule has 0 saturated carbocycles. The fraction of sp³-hybridized carbons (Fsp3) is 0.400. The summed E-state index contributed by atoms with van der Waals surface area (Å²) in [6.07, 6.45) is 0. The van der Waals surface area contributed by atoms with Crippen LogP contribution in [-0.4, -0.2) is 39.3 Å². The average molecular weight is 347 g/mol. The van der Waals surface area contributed by atoms with Gasteiger partial charge in [-0.15, -0.1) is 12.4 Å². The fourth-order valence-corrected chi connectivity index (χ4v) is 2.23. The van der Waals surface area contributed by atoms with Crippen LogP contribution in [0.3, 0.4) is 0 Å². The summed E-state index contributed by atoms with van der Waals surface area (Å²) < 4.78 is 10.5. The number of benzene rings is 1. The number of halogens is 2. The third kappa shape index (κ3) is 4.61. The van der Waals surface area contributed by atoms with Crippen molar-refractivity contribution in [3.63, 3.8) is 0 Å². The molecule has 1 aromatic heterocycles. The van der Waals surface area contributed by atoms with E-state index in [1.54, 1.807) is 25.3 Å². The number of ether oxygens (including phenoxy) is 1. The van der Waals surface area contributed by atoms with Gasteiger partial charge in [0.05, 0.1) is 6.61 Å². The molecule has 0 unspecified atom stereocenters. The van der Waals surface area contributed by atoms with Crippen LogP contribution >= 0.6 is 24.0 Å². The first-order valence-electron chi connectivity index (χ1n) is 6.80. The number of fused-ring (bicyclic) bond motifs is 1. The van der Waals surface area contributed by atoms with E-state index in [2.05, 4.69) is 10.6 Å². The lowest BCUT2D eigenvalue weighted by Gasteiger charge is -2.05. The second-order valence-electron chi connectivity index (χ2n) is 4.70. The topological polar surface area (TPSA) is 63.5 Å². The summed E-state index contributed by atoms with van der Waals surface area (Å²) in [6.45, 7) is 4.47. The molecule has 0 aliphatic rings. The van der Waals surface area contributed by atoms with Gasteiger partial charge in [-0.05, 0) is 25.1 Å². The van der Waals surface area contributed by atoms with Crippen molar-refractivity contribution in [1.29, 1.82) is 0 Å². The molecule has 0 aliphatic carbocycles. The van der Waals surface area contributed by atoms with E-state index < -0.39 is 0 Å². The molecule has 0 fully saturated rings. The minimum atomic E-state index is -0.214. The number of furan rings is 1. The first kappa shape index (κ1) is 18.8. The lowest BCUT2D eigenvalue weighted by molar-refractivity contribution is 0.0927. The van der Waals surface area contributed by atoms with Crippen molar-refractivity contribution < 1.29 is 13.9 Å². The molecule has 5 nitrogen and oxygen atoms in total. The van der Waals surface area contributed by atoms with Crippen molar-refractivity contribution in [3.8, 4) is 0 Å². The predicted octanol–water partition coefficient (Wildman–Crippen LogP) is 2.78. The van der Waals surface area contributed by atoms with Crippen molar-refractivity contribution in [1.82, 2.24) is 10.6 Å². The summed E-state index contributed by atoms with van der Waals surface area (Å²) >= 11 is 5.96. The third-order valence-corrected chi connectivity index (χ3v) is 3.41. The summed E-state index contributed by atoms with van der Waals surface area (Å²) in [7, 11) is 1.65. The molecule has 0 spiro atoms. The van der Waals surface area contributed by atoms with Crippen molar-refractivity contribution in [2.45, 2.75) is 6.92 Å². The maximum atomic E-state index is 12.1. The van der Waals surface area contributed by atoms with Gasteiger partial charge in [0.15, 0.2) is 5.76 Å². The summed E-state index contributed by atoms with van der Waals surface area (Å²) in [4.78, 5) is 12.1. The summed E-state index contributed by atoms with van der Waals surface area (Å²) in [5.74, 6) is 0.123. The zero-order valence-corrected chi connectivity index (χ0v) is 14.1. The number of aryl methyl sites for hydroxylation is 1. The number of carbonyl (C=O) groups is 1. The maximum Gasteiger partial charge on any atom is 0.287 e. The highest BCUT2D eigenvalue weighted by Gasteiger charge is 2.17. The fourth-order valence-electron chi connectivity index (χ4n) is 2.05. The van der Waals surface area contributed by atoms with Crippen LogP contribution in [0, 0.1) is 6.92 Å². The van der Waals surface area contributed by atoms with Gasteiger partial charge >= 0.3 is 0 Å². The number of rotatable bonds is 7. The molecule has 2 N–H and O–H groups in total. The summed E-state index contributed by atoms with van der Waals surface area (Å²) in [5.41, 5.74) is 1.47. The van der Waals surface area contributed by atoms with E-state index in [-0.39, 0.29) is 18.3 Å². The molecule has 1 amide bonds. The molecule has 2 aromatic rings. The van der Waals surface area contributed by atoms with Crippen LogP contribution in [0.2, 0.25) is 5.02 Å². The number of methoxy groups -OCH3 is 1. The van der Waals surface area contributed by atoms with E-state index in [9.17, 15) is 4.79 Å². The maximum absolute atomic E-state index is 12.1. The Bertz CT molecular complexity index is 629. The SMILES string of the molecule is COCCNCCNC(=O)c1oc2ccc(Cl)cc2c1C.Cl. The molecule has 0 bridgehead atoms. The number of carbonyl (C=O) groups excluding carboxylic acids is 1. The third-order valence-electron chi connectivity index (χ3n) is 3.17. The monoisotopic (exact) mass is 346 g/mol. The first-order chi connectivity index (χ1) is 10.1. The molecule has 22 heavy (non-hydrogen) atoms. The summed E-state index contributed by atoms with van der Waals surface area (Å²) in [5, 5.41) is 7.47. The number of hydrogen-bond acceptors (Lipinski definition) is 4. The van der Waals surface area contributed by atoms with Crippen molar-refractivity contribution in [3.05, 3.63) is 34.5 Å². The Balaban J connectivity index is 0.00000242. The van der Waals surface area contributed by atoms with E-state index >= 15 is 0 Å². The average Bonchev–Trinajstić information content (AvgIpc) is 2.79. The largest absolute Gasteiger partial charge is 0.451 e. The molecule has 2 rings (SSSR count). The number of nitrogens with one attached hydrogen (secondary N) is 2. The lowest BCUT2D eigenvalue weighted by Crippen LogP contribution is -2.33. The van der Waals surface area contributed by atoms with Crippen LogP contribution in [0.4, 0.5) is 0 Å². The number of amides is 1. The van der Waals surface area contributed by atoms with Gasteiger partial charge < -0.3 is 19.8 Å².